The van der Waals surface area contributed by atoms with Crippen LogP contribution in [0.3, 0.4) is 0 Å². The first-order valence-electron chi connectivity index (χ1n) is 6.38. The van der Waals surface area contributed by atoms with E-state index in [-0.39, 0.29) is 18.2 Å². The van der Waals surface area contributed by atoms with E-state index in [2.05, 4.69) is 4.74 Å². The number of ketones is 1. The first-order valence-corrected chi connectivity index (χ1v) is 7.89. The maximum absolute atomic E-state index is 12.4. The summed E-state index contributed by atoms with van der Waals surface area (Å²) in [6.07, 6.45) is 2.51. The van der Waals surface area contributed by atoms with E-state index in [0.717, 1.165) is 20.0 Å². The zero-order valence-electron chi connectivity index (χ0n) is 11.6. The number of carbonyl (C=O) groups excluding carboxylic acids is 2. The zero-order chi connectivity index (χ0) is 14.6. The summed E-state index contributed by atoms with van der Waals surface area (Å²) < 4.78 is 30.6. The normalized spacial score (nSPS) is 22.8. The third-order valence-electron chi connectivity index (χ3n) is 3.40. The molecular formula is C12H21NO5S. The molecule has 1 aliphatic heterocycles. The summed E-state index contributed by atoms with van der Waals surface area (Å²) >= 11 is 0. The summed E-state index contributed by atoms with van der Waals surface area (Å²) in [7, 11) is -2.60. The van der Waals surface area contributed by atoms with Gasteiger partial charge in [0.25, 0.3) is 0 Å². The predicted octanol–water partition coefficient (Wildman–Crippen LogP) is 0.711. The number of methoxy groups -OCH3 is 1. The summed E-state index contributed by atoms with van der Waals surface area (Å²) in [4.78, 5) is 22.7. The molecule has 19 heavy (non-hydrogen) atoms. The third kappa shape index (κ3) is 3.76. The van der Waals surface area contributed by atoms with Crippen LogP contribution in [0.5, 0.6) is 0 Å². The summed E-state index contributed by atoms with van der Waals surface area (Å²) in [5, 5.41) is -1.23. The highest BCUT2D eigenvalue weighted by Crippen LogP contribution is 2.25. The molecule has 0 aromatic rings. The van der Waals surface area contributed by atoms with Crippen LogP contribution in [0.15, 0.2) is 0 Å². The van der Waals surface area contributed by atoms with E-state index in [1.165, 1.54) is 18.2 Å². The number of hydrogen-bond acceptors (Lipinski definition) is 5. The Kier molecular flexibility index (Phi) is 5.49. The van der Waals surface area contributed by atoms with Crippen LogP contribution < -0.4 is 0 Å². The molecule has 2 unspecified atom stereocenters. The second-order valence-corrected chi connectivity index (χ2v) is 7.08. The van der Waals surface area contributed by atoms with E-state index < -0.39 is 21.2 Å². The molecule has 1 saturated heterocycles. The lowest BCUT2D eigenvalue weighted by Gasteiger charge is -2.35. The topological polar surface area (TPSA) is 80.8 Å². The number of Topliss-reactive ketones (excluding diaryl/α,β-unsaturated/α-hetero) is 1. The molecule has 6 nitrogen and oxygen atoms in total. The Balaban J connectivity index is 2.95. The van der Waals surface area contributed by atoms with E-state index in [1.807, 2.05) is 0 Å². The Hall–Kier alpha value is -0.950. The van der Waals surface area contributed by atoms with Crippen LogP contribution in [0.1, 0.15) is 39.5 Å². The molecule has 0 spiro atoms. The fourth-order valence-electron chi connectivity index (χ4n) is 2.34. The average Bonchev–Trinajstić information content (AvgIpc) is 2.36. The van der Waals surface area contributed by atoms with Gasteiger partial charge >= 0.3 is 5.97 Å². The van der Waals surface area contributed by atoms with Crippen molar-refractivity contribution in [2.75, 3.05) is 13.7 Å². The number of rotatable bonds is 5. The highest BCUT2D eigenvalue weighted by Gasteiger charge is 2.39. The molecule has 0 bridgehead atoms. The Morgan fingerprint density at radius 2 is 2.00 bits per heavy atom. The van der Waals surface area contributed by atoms with Crippen molar-refractivity contribution in [3.05, 3.63) is 0 Å². The Morgan fingerprint density at radius 3 is 2.53 bits per heavy atom. The van der Waals surface area contributed by atoms with Gasteiger partial charge in [0.2, 0.25) is 10.0 Å². The lowest BCUT2D eigenvalue weighted by molar-refractivity contribution is -0.139. The molecule has 1 aliphatic rings. The minimum Gasteiger partial charge on any atom is -0.468 e. The van der Waals surface area contributed by atoms with E-state index in [9.17, 15) is 18.0 Å². The van der Waals surface area contributed by atoms with Crippen LogP contribution in [-0.4, -0.2) is 49.4 Å². The molecule has 0 radical (unpaired) electrons. The largest absolute Gasteiger partial charge is 0.468 e. The summed E-state index contributed by atoms with van der Waals surface area (Å²) in [5.41, 5.74) is 0. The van der Waals surface area contributed by atoms with Gasteiger partial charge in [-0.2, -0.15) is 4.31 Å². The molecule has 0 N–H and O–H groups in total. The molecule has 1 heterocycles. The van der Waals surface area contributed by atoms with Crippen molar-refractivity contribution in [1.29, 1.82) is 0 Å². The monoisotopic (exact) mass is 291 g/mol. The number of hydrogen-bond donors (Lipinski definition) is 0. The molecule has 1 rings (SSSR count). The van der Waals surface area contributed by atoms with E-state index in [1.54, 1.807) is 0 Å². The van der Waals surface area contributed by atoms with Gasteiger partial charge in [0, 0.05) is 19.0 Å². The summed E-state index contributed by atoms with van der Waals surface area (Å²) in [6.45, 7) is 3.13. The quantitative estimate of drug-likeness (QED) is 0.697. The van der Waals surface area contributed by atoms with Gasteiger partial charge in [-0.15, -0.1) is 0 Å². The number of esters is 1. The number of piperidine rings is 1. The van der Waals surface area contributed by atoms with Crippen LogP contribution in [-0.2, 0) is 24.3 Å². The first kappa shape index (κ1) is 16.1. The number of sulfonamides is 1. The predicted molar refractivity (Wildman–Crippen MR) is 70.0 cm³/mol. The van der Waals surface area contributed by atoms with Crippen molar-refractivity contribution in [2.24, 2.45) is 0 Å². The van der Waals surface area contributed by atoms with Gasteiger partial charge < -0.3 is 4.74 Å². The van der Waals surface area contributed by atoms with Crippen LogP contribution in [0.25, 0.3) is 0 Å². The maximum atomic E-state index is 12.4. The van der Waals surface area contributed by atoms with E-state index in [0.29, 0.717) is 13.0 Å². The van der Waals surface area contributed by atoms with Gasteiger partial charge in [-0.25, -0.2) is 8.42 Å². The number of ether oxygens (including phenoxy) is 1. The van der Waals surface area contributed by atoms with Crippen molar-refractivity contribution >= 4 is 21.8 Å². The van der Waals surface area contributed by atoms with E-state index in [4.69, 9.17) is 0 Å². The molecule has 0 aromatic carbocycles. The molecule has 0 aliphatic carbocycles. The molecule has 2 atom stereocenters. The highest BCUT2D eigenvalue weighted by atomic mass is 32.2. The number of carbonyl (C=O) groups is 2. The van der Waals surface area contributed by atoms with Crippen LogP contribution in [0, 0.1) is 0 Å². The highest BCUT2D eigenvalue weighted by molar-refractivity contribution is 7.90. The lowest BCUT2D eigenvalue weighted by atomic mass is 10.0. The van der Waals surface area contributed by atoms with Crippen LogP contribution in [0.2, 0.25) is 0 Å². The maximum Gasteiger partial charge on any atom is 0.325 e. The smallest absolute Gasteiger partial charge is 0.325 e. The van der Waals surface area contributed by atoms with Crippen LogP contribution >= 0.6 is 0 Å². The SMILES string of the molecule is COC(=O)C(C)S(=O)(=O)N1CCCCC1CC(C)=O. The Morgan fingerprint density at radius 1 is 1.37 bits per heavy atom. The van der Waals surface area contributed by atoms with Crippen molar-refractivity contribution in [2.45, 2.75) is 50.8 Å². The molecule has 0 saturated carbocycles. The van der Waals surface area contributed by atoms with Gasteiger partial charge in [-0.05, 0) is 26.7 Å². The molecule has 1 fully saturated rings. The second-order valence-electron chi connectivity index (χ2n) is 4.88. The fourth-order valence-corrected chi connectivity index (χ4v) is 4.06. The minimum absolute atomic E-state index is 0.0437. The molecule has 0 aromatic heterocycles. The third-order valence-corrected chi connectivity index (χ3v) is 5.62. The molecule has 110 valence electrons. The Labute approximate surface area is 114 Å². The zero-order valence-corrected chi connectivity index (χ0v) is 12.4. The van der Waals surface area contributed by atoms with Crippen molar-refractivity contribution < 1.29 is 22.7 Å². The average molecular weight is 291 g/mol. The standard InChI is InChI=1S/C12H21NO5S/c1-9(14)8-11-6-4-5-7-13(11)19(16,17)10(2)12(15)18-3/h10-11H,4-8H2,1-3H3. The summed E-state index contributed by atoms with van der Waals surface area (Å²) in [5.74, 6) is -0.815. The van der Waals surface area contributed by atoms with Gasteiger partial charge in [0.1, 0.15) is 5.78 Å². The lowest BCUT2D eigenvalue weighted by Crippen LogP contribution is -2.49. The number of nitrogens with zero attached hydrogens (tertiary/aromatic N) is 1. The molecular weight excluding hydrogens is 270 g/mol. The van der Waals surface area contributed by atoms with Gasteiger partial charge in [0.05, 0.1) is 7.11 Å². The van der Waals surface area contributed by atoms with Gasteiger partial charge in [-0.1, -0.05) is 6.42 Å². The van der Waals surface area contributed by atoms with Crippen molar-refractivity contribution in [3.63, 3.8) is 0 Å². The first-order chi connectivity index (χ1) is 8.80. The van der Waals surface area contributed by atoms with Crippen molar-refractivity contribution in [3.8, 4) is 0 Å². The fraction of sp³-hybridized carbons (Fsp3) is 0.833. The molecule has 7 heteroatoms. The van der Waals surface area contributed by atoms with Gasteiger partial charge in [-0.3, -0.25) is 9.59 Å². The van der Waals surface area contributed by atoms with E-state index >= 15 is 0 Å². The van der Waals surface area contributed by atoms with Crippen LogP contribution in [0.4, 0.5) is 0 Å². The van der Waals surface area contributed by atoms with Gasteiger partial charge in [0.15, 0.2) is 5.25 Å². The Bertz CT molecular complexity index is 445. The second kappa shape index (κ2) is 6.47. The van der Waals surface area contributed by atoms with Crippen molar-refractivity contribution in [1.82, 2.24) is 4.31 Å². The summed E-state index contributed by atoms with van der Waals surface area (Å²) in [6, 6.07) is -0.330. The minimum atomic E-state index is -3.76. The molecule has 0 amide bonds.